The van der Waals surface area contributed by atoms with Crippen molar-refractivity contribution in [1.29, 1.82) is 0 Å². The molecule has 1 aromatic heterocycles. The van der Waals surface area contributed by atoms with Gasteiger partial charge in [0.05, 0.1) is 24.2 Å². The Bertz CT molecular complexity index is 1260. The Kier molecular flexibility index (Phi) is 5.57. The molecule has 1 heterocycles. The molecule has 6 nitrogen and oxygen atoms in total. The van der Waals surface area contributed by atoms with E-state index in [4.69, 9.17) is 9.47 Å². The first-order valence-corrected chi connectivity index (χ1v) is 9.53. The van der Waals surface area contributed by atoms with E-state index in [1.165, 1.54) is 4.68 Å². The van der Waals surface area contributed by atoms with Gasteiger partial charge in [0, 0.05) is 0 Å². The van der Waals surface area contributed by atoms with Crippen LogP contribution in [0.15, 0.2) is 82.7 Å². The summed E-state index contributed by atoms with van der Waals surface area (Å²) in [5.41, 5.74) is 2.30. The molecule has 0 radical (unpaired) electrons. The van der Waals surface area contributed by atoms with Crippen LogP contribution < -0.4 is 15.0 Å². The zero-order chi connectivity index (χ0) is 20.9. The third kappa shape index (κ3) is 4.07. The van der Waals surface area contributed by atoms with Crippen LogP contribution in [0.3, 0.4) is 0 Å². The number of fused-ring (bicyclic) bond motifs is 1. The molecule has 4 aromatic rings. The maximum absolute atomic E-state index is 12.7. The van der Waals surface area contributed by atoms with E-state index in [-0.39, 0.29) is 5.56 Å². The zero-order valence-corrected chi connectivity index (χ0v) is 16.8. The highest BCUT2D eigenvalue weighted by atomic mass is 16.5. The maximum Gasteiger partial charge on any atom is 0.282 e. The number of hydrogen-bond acceptors (Lipinski definition) is 5. The summed E-state index contributed by atoms with van der Waals surface area (Å²) in [6.07, 6.45) is 1.61. The van der Waals surface area contributed by atoms with Crippen LogP contribution >= 0.6 is 0 Å². The fourth-order valence-electron chi connectivity index (χ4n) is 3.11. The average molecular weight is 399 g/mol. The second kappa shape index (κ2) is 8.61. The highest BCUT2D eigenvalue weighted by molar-refractivity contribution is 5.81. The summed E-state index contributed by atoms with van der Waals surface area (Å²) in [6.45, 7) is 2.20. The monoisotopic (exact) mass is 399 g/mol. The second-order valence-electron chi connectivity index (χ2n) is 6.72. The predicted octanol–water partition coefficient (Wildman–Crippen LogP) is 4.17. The molecule has 0 aliphatic heterocycles. The van der Waals surface area contributed by atoms with Gasteiger partial charge in [0.15, 0.2) is 11.5 Å². The second-order valence-corrected chi connectivity index (χ2v) is 6.72. The third-order valence-corrected chi connectivity index (χ3v) is 4.66. The molecule has 150 valence electrons. The summed E-state index contributed by atoms with van der Waals surface area (Å²) in [4.78, 5) is 17.2. The number of methoxy groups -OCH3 is 1. The van der Waals surface area contributed by atoms with Gasteiger partial charge in [-0.05, 0) is 48.4 Å². The number of hydrogen-bond donors (Lipinski definition) is 0. The van der Waals surface area contributed by atoms with E-state index in [1.54, 1.807) is 26.3 Å². The Morgan fingerprint density at radius 2 is 1.77 bits per heavy atom. The van der Waals surface area contributed by atoms with Gasteiger partial charge in [-0.1, -0.05) is 42.5 Å². The Morgan fingerprint density at radius 1 is 1.00 bits per heavy atom. The number of benzene rings is 3. The lowest BCUT2D eigenvalue weighted by Crippen LogP contribution is -2.20. The molecule has 30 heavy (non-hydrogen) atoms. The van der Waals surface area contributed by atoms with Crippen molar-refractivity contribution in [2.24, 2.45) is 5.10 Å². The first-order valence-electron chi connectivity index (χ1n) is 9.53. The lowest BCUT2D eigenvalue weighted by Gasteiger charge is -2.11. The van der Waals surface area contributed by atoms with Crippen LogP contribution in [-0.2, 0) is 6.61 Å². The predicted molar refractivity (Wildman–Crippen MR) is 118 cm³/mol. The first kappa shape index (κ1) is 19.4. The molecule has 0 atom stereocenters. The quantitative estimate of drug-likeness (QED) is 0.456. The number of aryl methyl sites for hydroxylation is 1. The summed E-state index contributed by atoms with van der Waals surface area (Å²) < 4.78 is 12.6. The van der Waals surface area contributed by atoms with E-state index < -0.39 is 0 Å². The van der Waals surface area contributed by atoms with E-state index in [1.807, 2.05) is 66.7 Å². The maximum atomic E-state index is 12.7. The van der Waals surface area contributed by atoms with Gasteiger partial charge in [0.25, 0.3) is 5.56 Å². The molecule has 0 spiro atoms. The van der Waals surface area contributed by atoms with Crippen molar-refractivity contribution in [2.75, 3.05) is 7.11 Å². The molecular formula is C24H21N3O3. The van der Waals surface area contributed by atoms with Crippen LogP contribution in [0.2, 0.25) is 0 Å². The highest BCUT2D eigenvalue weighted by Gasteiger charge is 2.08. The van der Waals surface area contributed by atoms with Gasteiger partial charge < -0.3 is 9.47 Å². The van der Waals surface area contributed by atoms with Gasteiger partial charge in [0.1, 0.15) is 12.4 Å². The zero-order valence-electron chi connectivity index (χ0n) is 16.8. The summed E-state index contributed by atoms with van der Waals surface area (Å²) in [5, 5.41) is 4.87. The molecule has 0 amide bonds. The van der Waals surface area contributed by atoms with Crippen LogP contribution in [0.5, 0.6) is 11.5 Å². The van der Waals surface area contributed by atoms with Crippen molar-refractivity contribution in [3.63, 3.8) is 0 Å². The molecule has 0 saturated heterocycles. The molecule has 0 bridgehead atoms. The minimum absolute atomic E-state index is 0.205. The SMILES string of the molecule is COc1cc(/C=N/n2c(C)nc3ccccc3c2=O)ccc1OCc1ccccc1. The minimum atomic E-state index is -0.205. The van der Waals surface area contributed by atoms with Crippen LogP contribution in [0.4, 0.5) is 0 Å². The van der Waals surface area contributed by atoms with E-state index in [2.05, 4.69) is 10.1 Å². The molecule has 3 aromatic carbocycles. The van der Waals surface area contributed by atoms with Crippen molar-refractivity contribution < 1.29 is 9.47 Å². The number of aromatic nitrogens is 2. The lowest BCUT2D eigenvalue weighted by molar-refractivity contribution is 0.284. The van der Waals surface area contributed by atoms with E-state index in [0.717, 1.165) is 11.1 Å². The van der Waals surface area contributed by atoms with E-state index in [9.17, 15) is 4.79 Å². The van der Waals surface area contributed by atoms with E-state index in [0.29, 0.717) is 34.8 Å². The van der Waals surface area contributed by atoms with Crippen molar-refractivity contribution in [3.8, 4) is 11.5 Å². The molecule has 0 fully saturated rings. The molecule has 6 heteroatoms. The summed E-state index contributed by atoms with van der Waals surface area (Å²) in [7, 11) is 1.59. The molecule has 0 saturated carbocycles. The minimum Gasteiger partial charge on any atom is -0.493 e. The lowest BCUT2D eigenvalue weighted by atomic mass is 10.2. The number of nitrogens with zero attached hydrogens (tertiary/aromatic N) is 3. The topological polar surface area (TPSA) is 65.7 Å². The summed E-state index contributed by atoms with van der Waals surface area (Å²) >= 11 is 0. The van der Waals surface area contributed by atoms with E-state index >= 15 is 0 Å². The van der Waals surface area contributed by atoms with Crippen LogP contribution in [0.1, 0.15) is 17.0 Å². The fourth-order valence-corrected chi connectivity index (χ4v) is 3.11. The smallest absolute Gasteiger partial charge is 0.282 e. The van der Waals surface area contributed by atoms with Gasteiger partial charge in [-0.2, -0.15) is 9.78 Å². The first-order chi connectivity index (χ1) is 14.7. The Morgan fingerprint density at radius 3 is 2.57 bits per heavy atom. The van der Waals surface area contributed by atoms with Crippen LogP contribution in [0.25, 0.3) is 10.9 Å². The number of rotatable bonds is 6. The number of ether oxygens (including phenoxy) is 2. The number of para-hydroxylation sites is 1. The average Bonchev–Trinajstić information content (AvgIpc) is 2.78. The molecule has 4 rings (SSSR count). The summed E-state index contributed by atoms with van der Waals surface area (Å²) in [6, 6.07) is 22.7. The molecule has 0 unspecified atom stereocenters. The summed E-state index contributed by atoms with van der Waals surface area (Å²) in [5.74, 6) is 1.75. The van der Waals surface area contributed by atoms with Crippen LogP contribution in [0, 0.1) is 6.92 Å². The largest absolute Gasteiger partial charge is 0.493 e. The van der Waals surface area contributed by atoms with Crippen molar-refractivity contribution >= 4 is 17.1 Å². The van der Waals surface area contributed by atoms with Crippen molar-refractivity contribution in [3.05, 3.63) is 100 Å². The third-order valence-electron chi connectivity index (χ3n) is 4.66. The fraction of sp³-hybridized carbons (Fsp3) is 0.125. The molecule has 0 aliphatic rings. The highest BCUT2D eigenvalue weighted by Crippen LogP contribution is 2.28. The molecule has 0 N–H and O–H groups in total. The Balaban J connectivity index is 1.58. The van der Waals surface area contributed by atoms with Gasteiger partial charge in [-0.15, -0.1) is 0 Å². The van der Waals surface area contributed by atoms with Gasteiger partial charge in [-0.3, -0.25) is 4.79 Å². The normalized spacial score (nSPS) is 11.1. The Labute approximate surface area is 174 Å². The van der Waals surface area contributed by atoms with Crippen LogP contribution in [-0.4, -0.2) is 23.0 Å². The van der Waals surface area contributed by atoms with Gasteiger partial charge >= 0.3 is 0 Å². The van der Waals surface area contributed by atoms with Crippen molar-refractivity contribution in [2.45, 2.75) is 13.5 Å². The van der Waals surface area contributed by atoms with Crippen molar-refractivity contribution in [1.82, 2.24) is 9.66 Å². The standard InChI is InChI=1S/C24H21N3O3/c1-17-26-21-11-7-6-10-20(21)24(28)27(17)25-15-19-12-13-22(23(14-19)29-2)30-16-18-8-4-3-5-9-18/h3-15H,16H2,1-2H3/b25-15+. The van der Waals surface area contributed by atoms with Gasteiger partial charge in [-0.25, -0.2) is 4.98 Å². The Hall–Kier alpha value is -3.93. The molecule has 0 aliphatic carbocycles. The van der Waals surface area contributed by atoms with Gasteiger partial charge in [0.2, 0.25) is 0 Å². The molecular weight excluding hydrogens is 378 g/mol.